The molecular formula is C16H26NO3+. The molecular weight excluding hydrogens is 254 g/mol. The zero-order valence-corrected chi connectivity index (χ0v) is 12.9. The summed E-state index contributed by atoms with van der Waals surface area (Å²) in [6.45, 7) is 7.10. The second-order valence-electron chi connectivity index (χ2n) is 6.45. The number of carbonyl (C=O) groups excluding carboxylic acids is 1. The summed E-state index contributed by atoms with van der Waals surface area (Å²) in [4.78, 5) is 12.0. The van der Waals surface area contributed by atoms with Gasteiger partial charge in [-0.25, -0.2) is 4.79 Å². The van der Waals surface area contributed by atoms with Crippen molar-refractivity contribution in [3.05, 3.63) is 35.9 Å². The summed E-state index contributed by atoms with van der Waals surface area (Å²) in [6.07, 6.45) is 0. The second kappa shape index (κ2) is 6.86. The maximum absolute atomic E-state index is 12.0. The fraction of sp³-hybridized carbons (Fsp3) is 0.562. The molecule has 112 valence electrons. The molecule has 4 nitrogen and oxygen atoms in total. The number of ether oxygens (including phenoxy) is 1. The van der Waals surface area contributed by atoms with Crippen LogP contribution in [0.4, 0.5) is 0 Å². The second-order valence-corrected chi connectivity index (χ2v) is 6.45. The molecule has 20 heavy (non-hydrogen) atoms. The summed E-state index contributed by atoms with van der Waals surface area (Å²) < 4.78 is 5.82. The highest BCUT2D eigenvalue weighted by Gasteiger charge is 2.28. The van der Waals surface area contributed by atoms with Gasteiger partial charge >= 0.3 is 5.97 Å². The molecule has 0 aliphatic rings. The minimum atomic E-state index is -0.478. The van der Waals surface area contributed by atoms with Crippen LogP contribution in [0.25, 0.3) is 0 Å². The van der Waals surface area contributed by atoms with Crippen LogP contribution in [0, 0.1) is 0 Å². The van der Waals surface area contributed by atoms with E-state index in [1.165, 1.54) is 0 Å². The predicted octanol–water partition coefficient (Wildman–Crippen LogP) is 1.97. The van der Waals surface area contributed by atoms with Crippen LogP contribution in [0.15, 0.2) is 30.3 Å². The lowest BCUT2D eigenvalue weighted by Gasteiger charge is -2.34. The molecule has 1 aromatic carbocycles. The van der Waals surface area contributed by atoms with Gasteiger partial charge in [0.25, 0.3) is 0 Å². The van der Waals surface area contributed by atoms with Crippen molar-refractivity contribution in [3.63, 3.8) is 0 Å². The van der Waals surface area contributed by atoms with Crippen LogP contribution in [0.2, 0.25) is 0 Å². The molecule has 4 heteroatoms. The number of aliphatic hydroxyl groups is 1. The summed E-state index contributed by atoms with van der Waals surface area (Å²) in [5, 5.41) is 9.26. The third-order valence-corrected chi connectivity index (χ3v) is 2.98. The molecule has 0 amide bonds. The van der Waals surface area contributed by atoms with E-state index in [4.69, 9.17) is 4.74 Å². The van der Waals surface area contributed by atoms with Crippen molar-refractivity contribution in [1.29, 1.82) is 0 Å². The van der Waals surface area contributed by atoms with Crippen LogP contribution in [0.1, 0.15) is 26.3 Å². The Hall–Kier alpha value is -1.39. The van der Waals surface area contributed by atoms with Crippen molar-refractivity contribution in [2.24, 2.45) is 0 Å². The molecule has 0 aromatic heterocycles. The highest BCUT2D eigenvalue weighted by atomic mass is 16.6. The summed E-state index contributed by atoms with van der Waals surface area (Å²) in [5.41, 5.74) is 0.667. The Morgan fingerprint density at radius 2 is 1.85 bits per heavy atom. The van der Waals surface area contributed by atoms with E-state index in [0.29, 0.717) is 17.6 Å². The van der Waals surface area contributed by atoms with Crippen molar-refractivity contribution in [3.8, 4) is 0 Å². The monoisotopic (exact) mass is 280 g/mol. The molecule has 0 saturated heterocycles. The van der Waals surface area contributed by atoms with Crippen LogP contribution in [-0.4, -0.2) is 47.9 Å². The maximum atomic E-state index is 12.0. The Labute approximate surface area is 121 Å². The Morgan fingerprint density at radius 1 is 1.25 bits per heavy atom. The molecule has 0 spiro atoms. The van der Waals surface area contributed by atoms with Crippen LogP contribution in [0.3, 0.4) is 0 Å². The number of aliphatic hydroxyl groups excluding tert-OH is 1. The molecule has 0 heterocycles. The molecule has 0 aliphatic carbocycles. The summed E-state index contributed by atoms with van der Waals surface area (Å²) in [5.74, 6) is -0.232. The fourth-order valence-corrected chi connectivity index (χ4v) is 2.17. The lowest BCUT2D eigenvalue weighted by atomic mass is 10.2. The van der Waals surface area contributed by atoms with Gasteiger partial charge in [-0.3, -0.25) is 0 Å². The van der Waals surface area contributed by atoms with Crippen molar-refractivity contribution in [2.75, 3.05) is 26.7 Å². The van der Waals surface area contributed by atoms with E-state index >= 15 is 0 Å². The number of nitrogens with zero attached hydrogens (tertiary/aromatic N) is 1. The first-order valence-electron chi connectivity index (χ1n) is 6.94. The van der Waals surface area contributed by atoms with Gasteiger partial charge in [-0.2, -0.15) is 0 Å². The number of carbonyl (C=O) groups is 1. The Bertz CT molecular complexity index is 425. The summed E-state index contributed by atoms with van der Waals surface area (Å²) >= 11 is 0. The van der Waals surface area contributed by atoms with Gasteiger partial charge < -0.3 is 14.3 Å². The largest absolute Gasteiger partial charge is 0.456 e. The third kappa shape index (κ3) is 6.17. The van der Waals surface area contributed by atoms with E-state index in [0.717, 1.165) is 5.56 Å². The highest BCUT2D eigenvalue weighted by Crippen LogP contribution is 2.14. The number of quaternary nitrogens is 1. The van der Waals surface area contributed by atoms with Crippen molar-refractivity contribution in [2.45, 2.75) is 32.9 Å². The van der Waals surface area contributed by atoms with Gasteiger partial charge in [-0.05, 0) is 20.8 Å². The lowest BCUT2D eigenvalue weighted by molar-refractivity contribution is -0.916. The number of likely N-dealkylation sites (N-methyl/N-ethyl adjacent to an activating group) is 1. The van der Waals surface area contributed by atoms with Crippen LogP contribution < -0.4 is 0 Å². The molecule has 1 atom stereocenters. The number of benzene rings is 1. The van der Waals surface area contributed by atoms with Gasteiger partial charge in [-0.1, -0.05) is 30.3 Å². The molecule has 0 saturated carbocycles. The Morgan fingerprint density at radius 3 is 2.35 bits per heavy atom. The Kier molecular flexibility index (Phi) is 5.72. The third-order valence-electron chi connectivity index (χ3n) is 2.98. The quantitative estimate of drug-likeness (QED) is 0.640. The van der Waals surface area contributed by atoms with E-state index in [1.54, 1.807) is 0 Å². The SMILES string of the molecule is CC(C)(C)OC(=O)C[N+](C)(CCO)Cc1ccccc1. The van der Waals surface area contributed by atoms with Gasteiger partial charge in [0.1, 0.15) is 18.7 Å². The summed E-state index contributed by atoms with van der Waals surface area (Å²) in [7, 11) is 1.97. The number of rotatable bonds is 6. The number of hydrogen-bond acceptors (Lipinski definition) is 3. The Balaban J connectivity index is 2.73. The molecule has 0 fully saturated rings. The highest BCUT2D eigenvalue weighted by molar-refractivity contribution is 5.71. The molecule has 1 unspecified atom stereocenters. The first-order valence-corrected chi connectivity index (χ1v) is 6.94. The molecule has 0 bridgehead atoms. The van der Waals surface area contributed by atoms with Gasteiger partial charge in [-0.15, -0.1) is 0 Å². The molecule has 1 aromatic rings. The van der Waals surface area contributed by atoms with Gasteiger partial charge in [0, 0.05) is 5.56 Å². The van der Waals surface area contributed by atoms with Crippen molar-refractivity contribution >= 4 is 5.97 Å². The molecule has 0 aliphatic heterocycles. The first kappa shape index (κ1) is 16.7. The molecule has 1 N–H and O–H groups in total. The standard InChI is InChI=1S/C16H26NO3/c1-16(2,3)20-15(19)13-17(4,10-11-18)12-14-8-6-5-7-9-14/h5-9,18H,10-13H2,1-4H3/q+1. The zero-order valence-electron chi connectivity index (χ0n) is 12.9. The topological polar surface area (TPSA) is 46.5 Å². The van der Waals surface area contributed by atoms with Crippen molar-refractivity contribution < 1.29 is 19.1 Å². The van der Waals surface area contributed by atoms with Crippen LogP contribution >= 0.6 is 0 Å². The fourth-order valence-electron chi connectivity index (χ4n) is 2.17. The van der Waals surface area contributed by atoms with E-state index in [9.17, 15) is 9.90 Å². The first-order chi connectivity index (χ1) is 9.24. The normalized spacial score (nSPS) is 14.7. The van der Waals surface area contributed by atoms with E-state index < -0.39 is 5.60 Å². The average Bonchev–Trinajstić information content (AvgIpc) is 2.26. The minimum Gasteiger partial charge on any atom is -0.456 e. The van der Waals surface area contributed by atoms with Crippen LogP contribution in [0.5, 0.6) is 0 Å². The number of hydrogen-bond donors (Lipinski definition) is 1. The average molecular weight is 280 g/mol. The maximum Gasteiger partial charge on any atom is 0.362 e. The van der Waals surface area contributed by atoms with E-state index in [-0.39, 0.29) is 19.1 Å². The smallest absolute Gasteiger partial charge is 0.362 e. The van der Waals surface area contributed by atoms with Gasteiger partial charge in [0.05, 0.1) is 13.7 Å². The van der Waals surface area contributed by atoms with Crippen molar-refractivity contribution in [1.82, 2.24) is 0 Å². The molecule has 1 rings (SSSR count). The molecule has 0 radical (unpaired) electrons. The predicted molar refractivity (Wildman–Crippen MR) is 79.0 cm³/mol. The minimum absolute atomic E-state index is 0.0477. The number of esters is 1. The zero-order chi connectivity index (χ0) is 15.2. The lowest BCUT2D eigenvalue weighted by Crippen LogP contribution is -2.50. The van der Waals surface area contributed by atoms with E-state index in [2.05, 4.69) is 0 Å². The van der Waals surface area contributed by atoms with Crippen LogP contribution in [-0.2, 0) is 16.1 Å². The van der Waals surface area contributed by atoms with E-state index in [1.807, 2.05) is 58.2 Å². The summed E-state index contributed by atoms with van der Waals surface area (Å²) in [6, 6.07) is 9.98. The van der Waals surface area contributed by atoms with Gasteiger partial charge in [0.2, 0.25) is 0 Å². The van der Waals surface area contributed by atoms with Gasteiger partial charge in [0.15, 0.2) is 6.54 Å².